The lowest BCUT2D eigenvalue weighted by molar-refractivity contribution is 0.0697. The van der Waals surface area contributed by atoms with Gasteiger partial charge in [0.1, 0.15) is 12.0 Å². The zero-order valence-electron chi connectivity index (χ0n) is 13.4. The predicted octanol–water partition coefficient (Wildman–Crippen LogP) is 2.88. The van der Waals surface area contributed by atoms with E-state index in [1.807, 2.05) is 0 Å². The molecule has 0 spiro atoms. The molecule has 2 heterocycles. The summed E-state index contributed by atoms with van der Waals surface area (Å²) in [5.74, 6) is 0.343. The summed E-state index contributed by atoms with van der Waals surface area (Å²) < 4.78 is 0. The highest BCUT2D eigenvalue weighted by Gasteiger charge is 2.16. The highest BCUT2D eigenvalue weighted by Crippen LogP contribution is 2.29. The smallest absolute Gasteiger partial charge is 0.335 e. The van der Waals surface area contributed by atoms with Crippen molar-refractivity contribution in [1.29, 1.82) is 0 Å². The van der Waals surface area contributed by atoms with Crippen molar-refractivity contribution in [1.82, 2.24) is 9.97 Å². The van der Waals surface area contributed by atoms with E-state index in [0.717, 1.165) is 37.4 Å². The van der Waals surface area contributed by atoms with Gasteiger partial charge in [0.15, 0.2) is 11.6 Å². The average Bonchev–Trinajstić information content (AvgIpc) is 2.86. The Hall–Kier alpha value is -2.83. The highest BCUT2D eigenvalue weighted by molar-refractivity contribution is 5.88. The average molecular weight is 327 g/mol. The lowest BCUT2D eigenvalue weighted by Crippen LogP contribution is -2.26. The Kier molecular flexibility index (Phi) is 4.79. The Morgan fingerprint density at radius 2 is 1.75 bits per heavy atom. The number of nitrogens with one attached hydrogen (secondary N) is 1. The molecule has 1 aliphatic heterocycles. The van der Waals surface area contributed by atoms with E-state index >= 15 is 0 Å². The van der Waals surface area contributed by atoms with Gasteiger partial charge in [0.05, 0.1) is 5.56 Å². The first-order valence-corrected chi connectivity index (χ1v) is 8.11. The molecule has 1 aromatic carbocycles. The molecule has 3 rings (SSSR count). The highest BCUT2D eigenvalue weighted by atomic mass is 16.4. The van der Waals surface area contributed by atoms with Crippen LogP contribution in [-0.2, 0) is 0 Å². The van der Waals surface area contributed by atoms with E-state index in [1.54, 1.807) is 12.1 Å². The number of nitrogens with zero attached hydrogens (tertiary/aromatic N) is 3. The van der Waals surface area contributed by atoms with Crippen molar-refractivity contribution in [3.63, 3.8) is 0 Å². The maximum atomic E-state index is 10.9. The van der Waals surface area contributed by atoms with Gasteiger partial charge in [0.2, 0.25) is 0 Å². The number of anilines is 4. The van der Waals surface area contributed by atoms with Crippen LogP contribution in [0.25, 0.3) is 0 Å². The van der Waals surface area contributed by atoms with Crippen molar-refractivity contribution >= 4 is 29.0 Å². The maximum Gasteiger partial charge on any atom is 0.335 e. The fourth-order valence-electron chi connectivity index (χ4n) is 2.85. The van der Waals surface area contributed by atoms with Crippen molar-refractivity contribution in [2.24, 2.45) is 0 Å². The van der Waals surface area contributed by atoms with Crippen molar-refractivity contribution < 1.29 is 9.90 Å². The number of hydrogen-bond donors (Lipinski definition) is 3. The number of carboxylic acid groups (broad SMARTS) is 1. The van der Waals surface area contributed by atoms with Gasteiger partial charge in [-0.05, 0) is 37.1 Å². The molecule has 2 aromatic rings. The van der Waals surface area contributed by atoms with Gasteiger partial charge in [-0.25, -0.2) is 14.8 Å². The SMILES string of the molecule is Nc1c(Nc2ccc(C(=O)O)cc2)ncnc1N1CCCCCC1. The van der Waals surface area contributed by atoms with Crippen molar-refractivity contribution in [3.05, 3.63) is 36.2 Å². The molecule has 0 atom stereocenters. The van der Waals surface area contributed by atoms with Crippen molar-refractivity contribution in [2.75, 3.05) is 29.0 Å². The second-order valence-electron chi connectivity index (χ2n) is 5.87. The summed E-state index contributed by atoms with van der Waals surface area (Å²) in [6.07, 6.45) is 6.27. The summed E-state index contributed by atoms with van der Waals surface area (Å²) in [4.78, 5) is 21.7. The summed E-state index contributed by atoms with van der Waals surface area (Å²) in [6, 6.07) is 6.46. The van der Waals surface area contributed by atoms with Gasteiger partial charge in [0, 0.05) is 18.8 Å². The third kappa shape index (κ3) is 3.56. The number of rotatable bonds is 4. The zero-order chi connectivity index (χ0) is 16.9. The first-order chi connectivity index (χ1) is 11.6. The van der Waals surface area contributed by atoms with Gasteiger partial charge in [0.25, 0.3) is 0 Å². The number of hydrogen-bond acceptors (Lipinski definition) is 6. The number of nitrogens with two attached hydrogens (primary N) is 1. The summed E-state index contributed by atoms with van der Waals surface area (Å²) >= 11 is 0. The van der Waals surface area contributed by atoms with Crippen LogP contribution in [0.1, 0.15) is 36.0 Å². The van der Waals surface area contributed by atoms with Gasteiger partial charge in [-0.1, -0.05) is 12.8 Å². The first kappa shape index (κ1) is 16.0. The molecule has 1 fully saturated rings. The van der Waals surface area contributed by atoms with Crippen LogP contribution in [0.2, 0.25) is 0 Å². The molecule has 1 aliphatic rings. The van der Waals surface area contributed by atoms with E-state index in [2.05, 4.69) is 20.2 Å². The molecule has 0 aliphatic carbocycles. The minimum Gasteiger partial charge on any atom is -0.478 e. The van der Waals surface area contributed by atoms with E-state index in [9.17, 15) is 4.79 Å². The molecular weight excluding hydrogens is 306 g/mol. The lowest BCUT2D eigenvalue weighted by Gasteiger charge is -2.23. The van der Waals surface area contributed by atoms with Gasteiger partial charge >= 0.3 is 5.97 Å². The van der Waals surface area contributed by atoms with Crippen molar-refractivity contribution in [3.8, 4) is 0 Å². The number of aromatic carboxylic acids is 1. The Morgan fingerprint density at radius 3 is 2.38 bits per heavy atom. The second-order valence-corrected chi connectivity index (χ2v) is 5.87. The molecule has 4 N–H and O–H groups in total. The molecule has 0 unspecified atom stereocenters. The van der Waals surface area contributed by atoms with Crippen LogP contribution in [0.4, 0.5) is 23.0 Å². The summed E-state index contributed by atoms with van der Waals surface area (Å²) in [5.41, 5.74) is 7.75. The van der Waals surface area contributed by atoms with Crippen molar-refractivity contribution in [2.45, 2.75) is 25.7 Å². The molecule has 0 saturated carbocycles. The normalized spacial score (nSPS) is 14.9. The van der Waals surface area contributed by atoms with E-state index in [0.29, 0.717) is 11.5 Å². The van der Waals surface area contributed by atoms with Crippen LogP contribution in [-0.4, -0.2) is 34.1 Å². The molecule has 7 heteroatoms. The fraction of sp³-hybridized carbons (Fsp3) is 0.353. The summed E-state index contributed by atoms with van der Waals surface area (Å²) in [6.45, 7) is 1.90. The molecule has 7 nitrogen and oxygen atoms in total. The molecule has 1 aromatic heterocycles. The topological polar surface area (TPSA) is 104 Å². The summed E-state index contributed by atoms with van der Waals surface area (Å²) in [7, 11) is 0. The number of carboxylic acids is 1. The third-order valence-corrected chi connectivity index (χ3v) is 4.16. The van der Waals surface area contributed by atoms with Crippen LogP contribution >= 0.6 is 0 Å². The molecule has 0 amide bonds. The molecule has 0 bridgehead atoms. The number of aromatic nitrogens is 2. The van der Waals surface area contributed by atoms with Gasteiger partial charge in [-0.3, -0.25) is 0 Å². The van der Waals surface area contributed by atoms with E-state index in [1.165, 1.54) is 31.3 Å². The van der Waals surface area contributed by atoms with Gasteiger partial charge in [-0.2, -0.15) is 0 Å². The monoisotopic (exact) mass is 327 g/mol. The maximum absolute atomic E-state index is 10.9. The van der Waals surface area contributed by atoms with Crippen LogP contribution in [0.3, 0.4) is 0 Å². The van der Waals surface area contributed by atoms with E-state index < -0.39 is 5.97 Å². The summed E-state index contributed by atoms with van der Waals surface area (Å²) in [5, 5.41) is 12.1. The van der Waals surface area contributed by atoms with Crippen LogP contribution < -0.4 is 16.0 Å². The number of benzene rings is 1. The Balaban J connectivity index is 1.80. The van der Waals surface area contributed by atoms with E-state index in [-0.39, 0.29) is 5.56 Å². The fourth-order valence-corrected chi connectivity index (χ4v) is 2.85. The molecule has 24 heavy (non-hydrogen) atoms. The number of nitrogen functional groups attached to an aromatic ring is 1. The standard InChI is InChI=1S/C17H21N5O2/c18-14-15(21-13-7-5-12(6-8-13)17(23)24)19-11-20-16(14)22-9-3-1-2-4-10-22/h5-8,11H,1-4,9-10,18H2,(H,23,24)(H,19,20,21). The molecule has 1 saturated heterocycles. The largest absolute Gasteiger partial charge is 0.478 e. The second kappa shape index (κ2) is 7.16. The van der Waals surface area contributed by atoms with E-state index in [4.69, 9.17) is 10.8 Å². The molecular formula is C17H21N5O2. The lowest BCUT2D eigenvalue weighted by atomic mass is 10.2. The van der Waals surface area contributed by atoms with Crippen LogP contribution in [0.15, 0.2) is 30.6 Å². The molecule has 0 radical (unpaired) electrons. The minimum absolute atomic E-state index is 0.237. The minimum atomic E-state index is -0.952. The van der Waals surface area contributed by atoms with Crippen LogP contribution in [0, 0.1) is 0 Å². The third-order valence-electron chi connectivity index (χ3n) is 4.16. The van der Waals surface area contributed by atoms with Gasteiger partial charge < -0.3 is 21.1 Å². The van der Waals surface area contributed by atoms with Gasteiger partial charge in [-0.15, -0.1) is 0 Å². The number of carbonyl (C=O) groups is 1. The Labute approximate surface area is 140 Å². The predicted molar refractivity (Wildman–Crippen MR) is 93.8 cm³/mol. The zero-order valence-corrected chi connectivity index (χ0v) is 13.4. The Bertz CT molecular complexity index is 709. The quantitative estimate of drug-likeness (QED) is 0.793. The first-order valence-electron chi connectivity index (χ1n) is 8.11. The molecule has 126 valence electrons. The van der Waals surface area contributed by atoms with Crippen LogP contribution in [0.5, 0.6) is 0 Å². The Morgan fingerprint density at radius 1 is 1.08 bits per heavy atom.